The van der Waals surface area contributed by atoms with Crippen molar-refractivity contribution in [1.29, 1.82) is 0 Å². The first-order chi connectivity index (χ1) is 12.2. The molecule has 0 unspecified atom stereocenters. The number of hydrogen-bond acceptors (Lipinski definition) is 4. The Kier molecular flexibility index (Phi) is 4.09. The summed E-state index contributed by atoms with van der Waals surface area (Å²) in [6.07, 6.45) is 1.90. The van der Waals surface area contributed by atoms with E-state index in [-0.39, 0.29) is 29.8 Å². The maximum atomic E-state index is 12.7. The minimum Gasteiger partial charge on any atom is -0.497 e. The Morgan fingerprint density at radius 2 is 1.88 bits per heavy atom. The van der Waals surface area contributed by atoms with Crippen LogP contribution in [0.15, 0.2) is 29.1 Å². The van der Waals surface area contributed by atoms with Gasteiger partial charge in [0.15, 0.2) is 0 Å². The number of benzene rings is 1. The van der Waals surface area contributed by atoms with Crippen LogP contribution in [0.3, 0.4) is 0 Å². The van der Waals surface area contributed by atoms with Gasteiger partial charge in [-0.15, -0.1) is 0 Å². The van der Waals surface area contributed by atoms with Gasteiger partial charge < -0.3 is 14.8 Å². The zero-order chi connectivity index (χ0) is 17.4. The Morgan fingerprint density at radius 1 is 1.16 bits per heavy atom. The van der Waals surface area contributed by atoms with Crippen LogP contribution in [0.2, 0.25) is 0 Å². The minimum absolute atomic E-state index is 0.0758. The molecule has 1 fully saturated rings. The predicted octanol–water partition coefficient (Wildman–Crippen LogP) is 2.01. The van der Waals surface area contributed by atoms with Crippen LogP contribution in [-0.2, 0) is 9.53 Å². The number of methoxy groups -OCH3 is 1. The number of ether oxygens (including phenoxy) is 2. The molecule has 1 aromatic carbocycles. The monoisotopic (exact) mass is 343 g/mol. The van der Waals surface area contributed by atoms with Crippen molar-refractivity contribution in [2.75, 3.05) is 25.6 Å². The van der Waals surface area contributed by atoms with Crippen LogP contribution in [0.1, 0.15) is 42.3 Å². The second-order valence-corrected chi connectivity index (χ2v) is 6.49. The Bertz CT molecular complexity index is 831. The zero-order valence-corrected chi connectivity index (χ0v) is 14.1. The molecule has 1 atom stereocenters. The molecule has 1 amide bonds. The number of nitrogens with zero attached hydrogens (tertiary/aromatic N) is 1. The van der Waals surface area contributed by atoms with Gasteiger partial charge in [0.25, 0.3) is 5.56 Å². The third-order valence-electron chi connectivity index (χ3n) is 5.03. The molecular formula is C18H21N3O4. The summed E-state index contributed by atoms with van der Waals surface area (Å²) in [7, 11) is 1.61. The van der Waals surface area contributed by atoms with Gasteiger partial charge in [0.1, 0.15) is 11.6 Å². The first-order valence-corrected chi connectivity index (χ1v) is 8.53. The SMILES string of the molecule is COc1ccc([C@H]2CC(=O)Nc3c2c(=O)[nH]n3C2CCOCC2)cc1. The maximum Gasteiger partial charge on any atom is 0.270 e. The summed E-state index contributed by atoms with van der Waals surface area (Å²) < 4.78 is 12.4. The summed E-state index contributed by atoms with van der Waals surface area (Å²) in [5, 5.41) is 5.83. The van der Waals surface area contributed by atoms with Gasteiger partial charge in [-0.25, -0.2) is 0 Å². The number of aromatic amines is 1. The number of hydrogen-bond donors (Lipinski definition) is 2. The summed E-state index contributed by atoms with van der Waals surface area (Å²) in [5.41, 5.74) is 1.44. The lowest BCUT2D eigenvalue weighted by Gasteiger charge is -2.28. The molecule has 1 saturated heterocycles. The molecule has 7 heteroatoms. The topological polar surface area (TPSA) is 85.4 Å². The third kappa shape index (κ3) is 2.84. The summed E-state index contributed by atoms with van der Waals surface area (Å²) in [6.45, 7) is 1.32. The molecule has 0 saturated carbocycles. The van der Waals surface area contributed by atoms with E-state index in [1.54, 1.807) is 7.11 Å². The molecule has 0 radical (unpaired) electrons. The molecule has 4 rings (SSSR count). The van der Waals surface area contributed by atoms with Gasteiger partial charge in [0, 0.05) is 25.6 Å². The Balaban J connectivity index is 1.76. The average Bonchev–Trinajstić information content (AvgIpc) is 2.98. The highest BCUT2D eigenvalue weighted by atomic mass is 16.5. The largest absolute Gasteiger partial charge is 0.497 e. The lowest BCUT2D eigenvalue weighted by atomic mass is 9.87. The van der Waals surface area contributed by atoms with E-state index in [9.17, 15) is 9.59 Å². The lowest BCUT2D eigenvalue weighted by molar-refractivity contribution is -0.116. The molecule has 2 aromatic rings. The number of nitrogens with one attached hydrogen (secondary N) is 2. The molecule has 3 heterocycles. The van der Waals surface area contributed by atoms with Crippen LogP contribution >= 0.6 is 0 Å². The highest BCUT2D eigenvalue weighted by Crippen LogP contribution is 2.37. The molecule has 0 spiro atoms. The molecule has 1 aromatic heterocycles. The second kappa shape index (κ2) is 6.40. The Morgan fingerprint density at radius 3 is 2.56 bits per heavy atom. The fraction of sp³-hybridized carbons (Fsp3) is 0.444. The van der Waals surface area contributed by atoms with Crippen molar-refractivity contribution in [3.63, 3.8) is 0 Å². The van der Waals surface area contributed by atoms with Gasteiger partial charge in [-0.05, 0) is 30.5 Å². The summed E-state index contributed by atoms with van der Waals surface area (Å²) >= 11 is 0. The lowest BCUT2D eigenvalue weighted by Crippen LogP contribution is -2.28. The van der Waals surface area contributed by atoms with E-state index in [1.807, 2.05) is 28.9 Å². The summed E-state index contributed by atoms with van der Waals surface area (Å²) in [5.74, 6) is 1.03. The van der Waals surface area contributed by atoms with Crippen LogP contribution in [0.5, 0.6) is 5.75 Å². The first kappa shape index (κ1) is 16.0. The molecule has 0 bridgehead atoms. The van der Waals surface area contributed by atoms with Crippen LogP contribution in [0.4, 0.5) is 5.82 Å². The smallest absolute Gasteiger partial charge is 0.270 e. The number of carbonyl (C=O) groups is 1. The van der Waals surface area contributed by atoms with Crippen molar-refractivity contribution in [2.24, 2.45) is 0 Å². The standard InChI is InChI=1S/C18H21N3O4/c1-24-13-4-2-11(3-5-13)14-10-15(22)19-17-16(14)18(23)20-21(17)12-6-8-25-9-7-12/h2-5,12,14H,6-10H2,1H3,(H,19,22)(H,20,23)/t14-/m1/s1. The number of rotatable bonds is 3. The Hall–Kier alpha value is -2.54. The van der Waals surface area contributed by atoms with Gasteiger partial charge in [-0.3, -0.25) is 19.4 Å². The zero-order valence-electron chi connectivity index (χ0n) is 14.1. The van der Waals surface area contributed by atoms with Crippen LogP contribution < -0.4 is 15.6 Å². The van der Waals surface area contributed by atoms with Gasteiger partial charge in [0.2, 0.25) is 5.91 Å². The molecule has 132 valence electrons. The van der Waals surface area contributed by atoms with E-state index >= 15 is 0 Å². The molecular weight excluding hydrogens is 322 g/mol. The van der Waals surface area contributed by atoms with Crippen molar-refractivity contribution >= 4 is 11.7 Å². The molecule has 0 aliphatic carbocycles. The fourth-order valence-corrected chi connectivity index (χ4v) is 3.72. The van der Waals surface area contributed by atoms with E-state index in [0.717, 1.165) is 24.2 Å². The highest BCUT2D eigenvalue weighted by molar-refractivity contribution is 5.94. The van der Waals surface area contributed by atoms with Crippen LogP contribution in [-0.4, -0.2) is 36.0 Å². The average molecular weight is 343 g/mol. The number of H-pyrrole nitrogens is 1. The van der Waals surface area contributed by atoms with Crippen molar-refractivity contribution in [3.05, 3.63) is 45.7 Å². The van der Waals surface area contributed by atoms with Crippen molar-refractivity contribution in [3.8, 4) is 5.75 Å². The van der Waals surface area contributed by atoms with Gasteiger partial charge in [-0.2, -0.15) is 0 Å². The molecule has 25 heavy (non-hydrogen) atoms. The fourth-order valence-electron chi connectivity index (χ4n) is 3.72. The third-order valence-corrected chi connectivity index (χ3v) is 5.03. The van der Waals surface area contributed by atoms with Crippen molar-refractivity contribution < 1.29 is 14.3 Å². The van der Waals surface area contributed by atoms with E-state index in [4.69, 9.17) is 9.47 Å². The van der Waals surface area contributed by atoms with Crippen molar-refractivity contribution in [2.45, 2.75) is 31.2 Å². The van der Waals surface area contributed by atoms with Gasteiger partial charge >= 0.3 is 0 Å². The number of fused-ring (bicyclic) bond motifs is 1. The van der Waals surface area contributed by atoms with Crippen molar-refractivity contribution in [1.82, 2.24) is 9.78 Å². The molecule has 2 N–H and O–H groups in total. The van der Waals surface area contributed by atoms with Gasteiger partial charge in [-0.1, -0.05) is 12.1 Å². The molecule has 7 nitrogen and oxygen atoms in total. The quantitative estimate of drug-likeness (QED) is 0.893. The van der Waals surface area contributed by atoms with Crippen LogP contribution in [0.25, 0.3) is 0 Å². The number of anilines is 1. The first-order valence-electron chi connectivity index (χ1n) is 8.53. The minimum atomic E-state index is -0.250. The number of carbonyl (C=O) groups excluding carboxylic acids is 1. The second-order valence-electron chi connectivity index (χ2n) is 6.49. The predicted molar refractivity (Wildman–Crippen MR) is 92.2 cm³/mol. The van der Waals surface area contributed by atoms with Gasteiger partial charge in [0.05, 0.1) is 18.7 Å². The summed E-state index contributed by atoms with van der Waals surface area (Å²) in [6, 6.07) is 7.67. The van der Waals surface area contributed by atoms with Crippen LogP contribution in [0, 0.1) is 0 Å². The number of aromatic nitrogens is 2. The Labute approximate surface area is 144 Å². The normalized spacial score (nSPS) is 20.8. The maximum absolute atomic E-state index is 12.7. The summed E-state index contributed by atoms with van der Waals surface area (Å²) in [4.78, 5) is 24.9. The number of amides is 1. The van der Waals surface area contributed by atoms with E-state index < -0.39 is 0 Å². The van der Waals surface area contributed by atoms with E-state index in [0.29, 0.717) is 24.6 Å². The van der Waals surface area contributed by atoms with E-state index in [2.05, 4.69) is 10.4 Å². The highest BCUT2D eigenvalue weighted by Gasteiger charge is 2.34. The van der Waals surface area contributed by atoms with E-state index in [1.165, 1.54) is 0 Å². The molecule has 2 aliphatic rings. The molecule has 2 aliphatic heterocycles.